The fraction of sp³-hybridized carbons (Fsp3) is 0.222. The van der Waals surface area contributed by atoms with Crippen LogP contribution in [0.15, 0.2) is 58.1 Å². The minimum atomic E-state index is -0.137. The number of carbonyl (C=O) groups is 1. The Morgan fingerprint density at radius 3 is 2.57 bits per heavy atom. The van der Waals surface area contributed by atoms with Crippen LogP contribution in [0.4, 0.5) is 0 Å². The summed E-state index contributed by atoms with van der Waals surface area (Å²) in [5.41, 5.74) is 2.90. The molecule has 1 amide bonds. The zero-order valence-corrected chi connectivity index (χ0v) is 14.6. The van der Waals surface area contributed by atoms with Crippen molar-refractivity contribution in [1.82, 2.24) is 5.01 Å². The average Bonchev–Trinajstić information content (AvgIpc) is 3.01. The molecule has 3 rings (SSSR count). The zero-order valence-electron chi connectivity index (χ0n) is 13.0. The number of hydrogen-bond acceptors (Lipinski definition) is 3. The van der Waals surface area contributed by atoms with Crippen LogP contribution in [0.25, 0.3) is 0 Å². The van der Waals surface area contributed by atoms with E-state index in [0.29, 0.717) is 6.42 Å². The van der Waals surface area contributed by atoms with Gasteiger partial charge in [0.15, 0.2) is 0 Å². The van der Waals surface area contributed by atoms with Gasteiger partial charge in [0.1, 0.15) is 5.75 Å². The van der Waals surface area contributed by atoms with Crippen LogP contribution in [-0.2, 0) is 4.79 Å². The number of benzene rings is 2. The second kappa shape index (κ2) is 6.54. The summed E-state index contributed by atoms with van der Waals surface area (Å²) in [6.07, 6.45) is 0.668. The second-order valence-electron chi connectivity index (χ2n) is 5.38. The fourth-order valence-corrected chi connectivity index (χ4v) is 3.07. The molecule has 0 fully saturated rings. The standard InChI is InChI=1S/C18H17BrN2O2/c1-12(22)21-17(15-5-3-4-6-18(15)23-2)11-16(20-21)13-7-9-14(19)10-8-13/h3-10,17H,11H2,1-2H3. The highest BCUT2D eigenvalue weighted by atomic mass is 79.9. The van der Waals surface area contributed by atoms with Crippen molar-refractivity contribution in [1.29, 1.82) is 0 Å². The number of ether oxygens (including phenoxy) is 1. The van der Waals surface area contributed by atoms with Gasteiger partial charge in [0, 0.05) is 23.4 Å². The van der Waals surface area contributed by atoms with E-state index in [-0.39, 0.29) is 11.9 Å². The van der Waals surface area contributed by atoms with E-state index in [1.165, 1.54) is 6.92 Å². The van der Waals surface area contributed by atoms with E-state index < -0.39 is 0 Å². The molecule has 5 heteroatoms. The Bertz CT molecular complexity index is 756. The van der Waals surface area contributed by atoms with Gasteiger partial charge in [-0.15, -0.1) is 0 Å². The van der Waals surface area contributed by atoms with E-state index >= 15 is 0 Å². The Hall–Kier alpha value is -2.14. The Kier molecular flexibility index (Phi) is 4.48. The van der Waals surface area contributed by atoms with Gasteiger partial charge in [-0.25, -0.2) is 5.01 Å². The summed E-state index contributed by atoms with van der Waals surface area (Å²) in [5.74, 6) is 0.698. The van der Waals surface area contributed by atoms with E-state index in [0.717, 1.165) is 27.1 Å². The lowest BCUT2D eigenvalue weighted by Gasteiger charge is -2.22. The predicted octanol–water partition coefficient (Wildman–Crippen LogP) is 4.16. The third-order valence-electron chi connectivity index (χ3n) is 3.91. The van der Waals surface area contributed by atoms with Crippen LogP contribution >= 0.6 is 15.9 Å². The summed E-state index contributed by atoms with van der Waals surface area (Å²) < 4.78 is 6.47. The molecule has 118 valence electrons. The molecular formula is C18H17BrN2O2. The van der Waals surface area contributed by atoms with Crippen LogP contribution in [0.5, 0.6) is 5.75 Å². The van der Waals surface area contributed by atoms with Crippen LogP contribution in [0.1, 0.15) is 30.5 Å². The van der Waals surface area contributed by atoms with Crippen molar-refractivity contribution in [3.05, 3.63) is 64.1 Å². The highest BCUT2D eigenvalue weighted by molar-refractivity contribution is 9.10. The van der Waals surface area contributed by atoms with E-state index in [4.69, 9.17) is 4.74 Å². The molecular weight excluding hydrogens is 356 g/mol. The summed E-state index contributed by atoms with van der Waals surface area (Å²) in [6, 6.07) is 15.6. The SMILES string of the molecule is COc1ccccc1C1CC(c2ccc(Br)cc2)=NN1C(C)=O. The van der Waals surface area contributed by atoms with Gasteiger partial charge in [-0.3, -0.25) is 4.79 Å². The van der Waals surface area contributed by atoms with Gasteiger partial charge >= 0.3 is 0 Å². The molecule has 1 unspecified atom stereocenters. The van der Waals surface area contributed by atoms with Crippen molar-refractivity contribution < 1.29 is 9.53 Å². The summed E-state index contributed by atoms with van der Waals surface area (Å²) >= 11 is 3.44. The first kappa shape index (κ1) is 15.7. The maximum Gasteiger partial charge on any atom is 0.240 e. The van der Waals surface area contributed by atoms with Gasteiger partial charge in [0.05, 0.1) is 18.9 Å². The molecule has 1 atom stereocenters. The third kappa shape index (κ3) is 3.15. The van der Waals surface area contributed by atoms with Crippen LogP contribution in [0, 0.1) is 0 Å². The maximum absolute atomic E-state index is 12.0. The monoisotopic (exact) mass is 372 g/mol. The molecule has 0 aliphatic carbocycles. The van der Waals surface area contributed by atoms with Crippen LogP contribution in [-0.4, -0.2) is 23.7 Å². The zero-order chi connectivity index (χ0) is 16.4. The molecule has 0 radical (unpaired) electrons. The number of rotatable bonds is 3. The van der Waals surface area contributed by atoms with Gasteiger partial charge in [-0.2, -0.15) is 5.10 Å². The van der Waals surface area contributed by atoms with Gasteiger partial charge < -0.3 is 4.74 Å². The summed E-state index contributed by atoms with van der Waals surface area (Å²) in [5, 5.41) is 6.10. The Balaban J connectivity index is 1.97. The number of hydrazone groups is 1. The first-order valence-corrected chi connectivity index (χ1v) is 8.15. The lowest BCUT2D eigenvalue weighted by molar-refractivity contribution is -0.130. The first-order valence-electron chi connectivity index (χ1n) is 7.36. The lowest BCUT2D eigenvalue weighted by atomic mass is 9.97. The molecule has 1 heterocycles. The van der Waals surface area contributed by atoms with Crippen molar-refractivity contribution in [2.75, 3.05) is 7.11 Å². The van der Waals surface area contributed by atoms with Crippen LogP contribution < -0.4 is 4.74 Å². The summed E-state index contributed by atoms with van der Waals surface area (Å²) in [7, 11) is 1.64. The van der Waals surface area contributed by atoms with Crippen LogP contribution in [0.2, 0.25) is 0 Å². The van der Waals surface area contributed by atoms with Crippen molar-refractivity contribution >= 4 is 27.5 Å². The number of amides is 1. The Morgan fingerprint density at radius 1 is 1.22 bits per heavy atom. The normalized spacial score (nSPS) is 17.1. The van der Waals surface area contributed by atoms with Gasteiger partial charge in [-0.05, 0) is 23.8 Å². The number of methoxy groups -OCH3 is 1. The smallest absolute Gasteiger partial charge is 0.240 e. The first-order chi connectivity index (χ1) is 11.1. The molecule has 23 heavy (non-hydrogen) atoms. The van der Waals surface area contributed by atoms with Crippen LogP contribution in [0.3, 0.4) is 0 Å². The molecule has 0 saturated heterocycles. The maximum atomic E-state index is 12.0. The minimum Gasteiger partial charge on any atom is -0.496 e. The molecule has 0 saturated carbocycles. The van der Waals surface area contributed by atoms with E-state index in [1.807, 2.05) is 48.5 Å². The summed E-state index contributed by atoms with van der Waals surface area (Å²) in [6.45, 7) is 1.54. The molecule has 1 aliphatic heterocycles. The highest BCUT2D eigenvalue weighted by Crippen LogP contribution is 2.37. The van der Waals surface area contributed by atoms with Gasteiger partial charge in [0.25, 0.3) is 0 Å². The Labute approximate surface area is 143 Å². The predicted molar refractivity (Wildman–Crippen MR) is 93.6 cm³/mol. The molecule has 4 nitrogen and oxygen atoms in total. The molecule has 2 aromatic carbocycles. The quantitative estimate of drug-likeness (QED) is 0.811. The van der Waals surface area contributed by atoms with E-state index in [1.54, 1.807) is 12.1 Å². The van der Waals surface area contributed by atoms with Gasteiger partial charge in [-0.1, -0.05) is 46.3 Å². The molecule has 2 aromatic rings. The number of para-hydroxylation sites is 1. The summed E-state index contributed by atoms with van der Waals surface area (Å²) in [4.78, 5) is 12.0. The highest BCUT2D eigenvalue weighted by Gasteiger charge is 2.33. The molecule has 0 aromatic heterocycles. The number of nitrogens with zero attached hydrogens (tertiary/aromatic N) is 2. The Morgan fingerprint density at radius 2 is 1.91 bits per heavy atom. The molecule has 0 spiro atoms. The van der Waals surface area contributed by atoms with Crippen molar-refractivity contribution in [2.45, 2.75) is 19.4 Å². The average molecular weight is 373 g/mol. The fourth-order valence-electron chi connectivity index (χ4n) is 2.80. The second-order valence-corrected chi connectivity index (χ2v) is 6.29. The topological polar surface area (TPSA) is 41.9 Å². The number of carbonyl (C=O) groups excluding carboxylic acids is 1. The lowest BCUT2D eigenvalue weighted by Crippen LogP contribution is -2.24. The third-order valence-corrected chi connectivity index (χ3v) is 4.44. The molecule has 0 bridgehead atoms. The van der Waals surface area contributed by atoms with Gasteiger partial charge in [0.2, 0.25) is 5.91 Å². The van der Waals surface area contributed by atoms with E-state index in [2.05, 4.69) is 21.0 Å². The number of hydrogen-bond donors (Lipinski definition) is 0. The van der Waals surface area contributed by atoms with Crippen molar-refractivity contribution in [2.24, 2.45) is 5.10 Å². The molecule has 1 aliphatic rings. The van der Waals surface area contributed by atoms with Crippen molar-refractivity contribution in [3.63, 3.8) is 0 Å². The largest absolute Gasteiger partial charge is 0.496 e. The van der Waals surface area contributed by atoms with E-state index in [9.17, 15) is 4.79 Å². The molecule has 0 N–H and O–H groups in total. The number of halogens is 1. The minimum absolute atomic E-state index is 0.0759. The van der Waals surface area contributed by atoms with Crippen molar-refractivity contribution in [3.8, 4) is 5.75 Å².